The predicted octanol–water partition coefficient (Wildman–Crippen LogP) is 3.70. The van der Waals surface area contributed by atoms with Gasteiger partial charge in [-0.1, -0.05) is 30.3 Å². The van der Waals surface area contributed by atoms with Crippen molar-refractivity contribution in [3.63, 3.8) is 0 Å². The Morgan fingerprint density at radius 3 is 2.40 bits per heavy atom. The fraction of sp³-hybridized carbons (Fsp3) is 0.348. The van der Waals surface area contributed by atoms with Crippen LogP contribution < -0.4 is 5.73 Å². The predicted molar refractivity (Wildman–Crippen MR) is 108 cm³/mol. The number of aliphatic imine (C=N–C) groups is 1. The highest BCUT2D eigenvalue weighted by Crippen LogP contribution is 2.47. The third-order valence-electron chi connectivity index (χ3n) is 6.52. The number of nitriles is 1. The van der Waals surface area contributed by atoms with Crippen LogP contribution in [0, 0.1) is 23.0 Å². The van der Waals surface area contributed by atoms with E-state index in [1.807, 2.05) is 12.1 Å². The first-order chi connectivity index (χ1) is 14.2. The molecule has 2 aromatic carbocycles. The van der Waals surface area contributed by atoms with Crippen LogP contribution in [0.4, 0.5) is 8.78 Å². The number of rotatable bonds is 3. The molecule has 0 unspecified atom stereocenters. The van der Waals surface area contributed by atoms with Gasteiger partial charge in [0.15, 0.2) is 5.96 Å². The van der Waals surface area contributed by atoms with Gasteiger partial charge in [-0.05, 0) is 43.4 Å². The Kier molecular flexibility index (Phi) is 4.61. The minimum atomic E-state index is -1.35. The number of carbonyl (C=O) groups is 1. The number of likely N-dealkylation sites (N-methyl/N-ethyl adjacent to an activating group) is 1. The first-order valence-corrected chi connectivity index (χ1v) is 9.82. The van der Waals surface area contributed by atoms with E-state index in [0.29, 0.717) is 5.56 Å². The van der Waals surface area contributed by atoms with Gasteiger partial charge in [-0.3, -0.25) is 9.69 Å². The smallest absolute Gasteiger partial charge is 0.239 e. The van der Waals surface area contributed by atoms with E-state index in [1.165, 1.54) is 18.0 Å². The van der Waals surface area contributed by atoms with Crippen molar-refractivity contribution in [2.75, 3.05) is 7.05 Å². The molecule has 2 N–H and O–H groups in total. The summed E-state index contributed by atoms with van der Waals surface area (Å²) in [5.74, 6) is -2.72. The zero-order chi connectivity index (χ0) is 21.7. The molecule has 1 amide bonds. The summed E-state index contributed by atoms with van der Waals surface area (Å²) < 4.78 is 28.2. The lowest BCUT2D eigenvalue weighted by molar-refractivity contribution is -0.130. The number of halogens is 2. The highest BCUT2D eigenvalue weighted by atomic mass is 19.1. The average molecular weight is 408 g/mol. The molecule has 154 valence electrons. The van der Waals surface area contributed by atoms with Gasteiger partial charge in [-0.25, -0.2) is 13.8 Å². The molecule has 0 saturated heterocycles. The van der Waals surface area contributed by atoms with Crippen LogP contribution in [0.1, 0.15) is 48.8 Å². The van der Waals surface area contributed by atoms with Crippen molar-refractivity contribution in [3.8, 4) is 6.07 Å². The monoisotopic (exact) mass is 408 g/mol. The summed E-state index contributed by atoms with van der Waals surface area (Å²) in [7, 11) is 1.52. The standard InChI is InChI=1S/C23H22F2N4O/c1-22(17-9-8-16(24)12-18(17)25)19(20(30)29(2)21(27)28-22)14-4-6-15(7-5-14)23(13-26)10-3-11-23/h4-9,12,19H,3,10-11H2,1-2H3,(H2,27,28)/t19-,22+/m0/s1. The molecule has 1 aliphatic carbocycles. The molecule has 2 atom stereocenters. The molecular weight excluding hydrogens is 386 g/mol. The molecule has 5 nitrogen and oxygen atoms in total. The van der Waals surface area contributed by atoms with Crippen molar-refractivity contribution in [1.82, 2.24) is 4.90 Å². The van der Waals surface area contributed by atoms with Gasteiger partial charge < -0.3 is 5.73 Å². The van der Waals surface area contributed by atoms with Gasteiger partial charge in [0.05, 0.1) is 17.4 Å². The largest absolute Gasteiger partial charge is 0.369 e. The second kappa shape index (κ2) is 6.91. The van der Waals surface area contributed by atoms with Crippen LogP contribution in [0.15, 0.2) is 47.5 Å². The van der Waals surface area contributed by atoms with Crippen LogP contribution in [-0.2, 0) is 15.7 Å². The van der Waals surface area contributed by atoms with E-state index in [2.05, 4.69) is 11.1 Å². The van der Waals surface area contributed by atoms with Gasteiger partial charge in [0, 0.05) is 18.7 Å². The van der Waals surface area contributed by atoms with E-state index in [-0.39, 0.29) is 17.4 Å². The van der Waals surface area contributed by atoms with Crippen LogP contribution in [0.2, 0.25) is 0 Å². The molecule has 1 heterocycles. The zero-order valence-corrected chi connectivity index (χ0v) is 16.8. The van der Waals surface area contributed by atoms with Gasteiger partial charge in [0.2, 0.25) is 5.91 Å². The van der Waals surface area contributed by atoms with Gasteiger partial charge in [-0.2, -0.15) is 5.26 Å². The first kappa shape index (κ1) is 20.0. The maximum Gasteiger partial charge on any atom is 0.239 e. The fourth-order valence-corrected chi connectivity index (χ4v) is 4.50. The SMILES string of the molecule is CN1C(=O)[C@H](c2ccc(C3(C#N)CCC3)cc2)[C@@](C)(c2ccc(F)cc2F)N=C1N. The maximum atomic E-state index is 14.7. The van der Waals surface area contributed by atoms with Crippen molar-refractivity contribution in [2.24, 2.45) is 10.7 Å². The van der Waals surface area contributed by atoms with Crippen LogP contribution in [0.3, 0.4) is 0 Å². The molecule has 0 aromatic heterocycles. The molecule has 2 aliphatic rings. The first-order valence-electron chi connectivity index (χ1n) is 9.82. The molecule has 2 aromatic rings. The van der Waals surface area contributed by atoms with E-state index in [4.69, 9.17) is 5.73 Å². The maximum absolute atomic E-state index is 14.7. The minimum absolute atomic E-state index is 0.0306. The third-order valence-corrected chi connectivity index (χ3v) is 6.52. The highest BCUT2D eigenvalue weighted by molar-refractivity contribution is 6.02. The Bertz CT molecular complexity index is 1090. The summed E-state index contributed by atoms with van der Waals surface area (Å²) in [4.78, 5) is 18.9. The quantitative estimate of drug-likeness (QED) is 0.841. The zero-order valence-electron chi connectivity index (χ0n) is 16.8. The summed E-state index contributed by atoms with van der Waals surface area (Å²) in [6.07, 6.45) is 2.64. The second-order valence-electron chi connectivity index (χ2n) is 8.24. The topological polar surface area (TPSA) is 82.5 Å². The van der Waals surface area contributed by atoms with Crippen molar-refractivity contribution >= 4 is 11.9 Å². The molecule has 1 aliphatic heterocycles. The number of hydrogen-bond donors (Lipinski definition) is 1. The summed E-state index contributed by atoms with van der Waals surface area (Å²) >= 11 is 0. The molecule has 1 fully saturated rings. The number of amides is 1. The molecule has 30 heavy (non-hydrogen) atoms. The molecule has 7 heteroatoms. The molecule has 0 bridgehead atoms. The molecule has 0 radical (unpaired) electrons. The average Bonchev–Trinajstić information content (AvgIpc) is 2.67. The summed E-state index contributed by atoms with van der Waals surface area (Å²) in [6, 6.07) is 12.9. The van der Waals surface area contributed by atoms with Crippen LogP contribution in [0.25, 0.3) is 0 Å². The van der Waals surface area contributed by atoms with Gasteiger partial charge in [-0.15, -0.1) is 0 Å². The van der Waals surface area contributed by atoms with Crippen molar-refractivity contribution in [1.29, 1.82) is 5.26 Å². The third kappa shape index (κ3) is 2.86. The number of nitrogens with zero attached hydrogens (tertiary/aromatic N) is 3. The Morgan fingerprint density at radius 2 is 1.87 bits per heavy atom. The van der Waals surface area contributed by atoms with E-state index < -0.39 is 28.5 Å². The lowest BCUT2D eigenvalue weighted by Gasteiger charge is -2.41. The lowest BCUT2D eigenvalue weighted by atomic mass is 9.65. The molecule has 0 spiro atoms. The Labute approximate surface area is 173 Å². The number of carbonyl (C=O) groups excluding carboxylic acids is 1. The summed E-state index contributed by atoms with van der Waals surface area (Å²) in [6.45, 7) is 1.63. The number of benzene rings is 2. The van der Waals surface area contributed by atoms with E-state index >= 15 is 0 Å². The molecule has 4 rings (SSSR count). The fourth-order valence-electron chi connectivity index (χ4n) is 4.50. The van der Waals surface area contributed by atoms with Gasteiger partial charge in [0.1, 0.15) is 17.2 Å². The summed E-state index contributed by atoms with van der Waals surface area (Å²) in [5.41, 5.74) is 5.76. The molecular formula is C23H22F2N4O. The van der Waals surface area contributed by atoms with Crippen molar-refractivity contribution < 1.29 is 13.6 Å². The van der Waals surface area contributed by atoms with Crippen LogP contribution in [0.5, 0.6) is 0 Å². The minimum Gasteiger partial charge on any atom is -0.369 e. The lowest BCUT2D eigenvalue weighted by Crippen LogP contribution is -2.52. The Hall–Kier alpha value is -3.27. The van der Waals surface area contributed by atoms with Crippen LogP contribution >= 0.6 is 0 Å². The van der Waals surface area contributed by atoms with Crippen LogP contribution in [-0.4, -0.2) is 23.8 Å². The Balaban J connectivity index is 1.83. The number of guanidine groups is 1. The van der Waals surface area contributed by atoms with Crippen molar-refractivity contribution in [2.45, 2.75) is 43.1 Å². The van der Waals surface area contributed by atoms with E-state index in [1.54, 1.807) is 19.1 Å². The second-order valence-corrected chi connectivity index (χ2v) is 8.24. The number of nitrogens with two attached hydrogens (primary N) is 1. The van der Waals surface area contributed by atoms with Gasteiger partial charge >= 0.3 is 0 Å². The molecule has 1 saturated carbocycles. The number of hydrogen-bond acceptors (Lipinski definition) is 4. The normalized spacial score (nSPS) is 25.3. The highest BCUT2D eigenvalue weighted by Gasteiger charge is 2.48. The van der Waals surface area contributed by atoms with E-state index in [0.717, 1.165) is 37.0 Å². The van der Waals surface area contributed by atoms with E-state index in [9.17, 15) is 18.8 Å². The summed E-state index contributed by atoms with van der Waals surface area (Å²) in [5, 5.41) is 9.58. The van der Waals surface area contributed by atoms with Crippen molar-refractivity contribution in [3.05, 3.63) is 70.8 Å². The van der Waals surface area contributed by atoms with Gasteiger partial charge in [0.25, 0.3) is 0 Å². The Morgan fingerprint density at radius 1 is 1.20 bits per heavy atom.